The maximum Gasteiger partial charge on any atom is 0.329 e. The predicted molar refractivity (Wildman–Crippen MR) is 113 cm³/mol. The molecule has 0 spiro atoms. The van der Waals surface area contributed by atoms with E-state index in [9.17, 15) is 4.79 Å². The fourth-order valence-corrected chi connectivity index (χ4v) is 2.74. The molecule has 0 aliphatic carbocycles. The first kappa shape index (κ1) is 13.3. The van der Waals surface area contributed by atoms with Gasteiger partial charge >= 0.3 is 5.97 Å². The van der Waals surface area contributed by atoms with Gasteiger partial charge in [0, 0.05) is 48.5 Å². The van der Waals surface area contributed by atoms with Gasteiger partial charge < -0.3 is 9.84 Å². The minimum atomic E-state index is -3.06. The average molecular weight is 413 g/mol. The first-order valence-electron chi connectivity index (χ1n) is 12.3. The van der Waals surface area contributed by atoms with Gasteiger partial charge in [-0.05, 0) is 23.3 Å². The number of rotatable bonds is 8. The lowest BCUT2D eigenvalue weighted by Gasteiger charge is -2.39. The Morgan fingerprint density at radius 2 is 1.68 bits per heavy atom. The molecule has 0 aromatic heterocycles. The molecule has 2 aromatic carbocycles. The zero-order chi connectivity index (χ0) is 26.2. The van der Waals surface area contributed by atoms with Crippen molar-refractivity contribution in [2.75, 3.05) is 45.7 Å². The summed E-state index contributed by atoms with van der Waals surface area (Å²) in [5, 5.41) is 9.12. The van der Waals surface area contributed by atoms with Gasteiger partial charge in [0.25, 0.3) is 0 Å². The summed E-state index contributed by atoms with van der Waals surface area (Å²) in [6.07, 6.45) is 0. The highest BCUT2D eigenvalue weighted by Gasteiger charge is 2.26. The lowest BCUT2D eigenvalue weighted by molar-refractivity contribution is -0.142. The average Bonchev–Trinajstić information content (AvgIpc) is 2.76. The molecule has 152 valence electrons. The molecule has 0 bridgehead atoms. The van der Waals surface area contributed by atoms with E-state index >= 15 is 0 Å². The smallest absolute Gasteiger partial charge is 0.329 e. The molecule has 1 fully saturated rings. The van der Waals surface area contributed by atoms with E-state index < -0.39 is 57.8 Å². The van der Waals surface area contributed by atoms with Crippen LogP contribution in [-0.2, 0) is 9.53 Å². The summed E-state index contributed by atoms with van der Waals surface area (Å²) in [5.74, 6) is -1.28. The van der Waals surface area contributed by atoms with E-state index in [0.717, 1.165) is 0 Å². The molecule has 28 heavy (non-hydrogen) atoms. The Labute approximate surface area is 183 Å². The van der Waals surface area contributed by atoms with Crippen LogP contribution in [0.4, 0.5) is 0 Å². The molecular formula is C22H29ClN2O3. The summed E-state index contributed by atoms with van der Waals surface area (Å²) >= 11 is 6.01. The first-order chi connectivity index (χ1) is 16.2. The maximum atomic E-state index is 10.7. The van der Waals surface area contributed by atoms with E-state index in [1.54, 1.807) is 42.5 Å². The molecule has 1 N–H and O–H groups in total. The zero-order valence-electron chi connectivity index (χ0n) is 22.4. The van der Waals surface area contributed by atoms with Gasteiger partial charge in [0.15, 0.2) is 0 Å². The largest absolute Gasteiger partial charge is 0.480 e. The molecule has 1 saturated heterocycles. The van der Waals surface area contributed by atoms with Crippen molar-refractivity contribution in [2.24, 2.45) is 0 Å². The number of ether oxygens (including phenoxy) is 1. The van der Waals surface area contributed by atoms with Crippen molar-refractivity contribution in [3.05, 3.63) is 70.7 Å². The molecule has 3 rings (SSSR count). The molecule has 5 nitrogen and oxygen atoms in total. The Morgan fingerprint density at radius 3 is 2.29 bits per heavy atom. The third-order valence-electron chi connectivity index (χ3n) is 3.85. The first-order valence-corrected chi connectivity index (χ1v) is 8.70. The molecule has 0 radical (unpaired) electrons. The minimum Gasteiger partial charge on any atom is -0.480 e. The van der Waals surface area contributed by atoms with Gasteiger partial charge in [-0.2, -0.15) is 0 Å². The predicted octanol–water partition coefficient (Wildman–Crippen LogP) is 3.78. The number of benzene rings is 2. The Kier molecular flexibility index (Phi) is 5.32. The highest BCUT2D eigenvalue weighted by molar-refractivity contribution is 6.30. The molecule has 1 unspecified atom stereocenters. The maximum absolute atomic E-state index is 10.7. The van der Waals surface area contributed by atoms with Gasteiger partial charge in [-0.3, -0.25) is 9.80 Å². The number of carbonyl (C=O) groups is 1. The zero-order valence-corrected chi connectivity index (χ0v) is 15.2. The number of piperazine rings is 1. The van der Waals surface area contributed by atoms with E-state index in [-0.39, 0.29) is 7.43 Å². The third kappa shape index (κ3) is 6.31. The molecule has 6 heteroatoms. The van der Waals surface area contributed by atoms with Gasteiger partial charge in [0.05, 0.1) is 12.6 Å². The molecular weight excluding hydrogens is 376 g/mol. The fourth-order valence-electron chi connectivity index (χ4n) is 2.61. The summed E-state index contributed by atoms with van der Waals surface area (Å²) in [7, 11) is 0. The normalized spacial score (nSPS) is 27.8. The van der Waals surface area contributed by atoms with E-state index in [1.165, 1.54) is 12.1 Å². The van der Waals surface area contributed by atoms with Gasteiger partial charge in [-0.25, -0.2) is 4.79 Å². The SMILES string of the molecule is C.[2H]C1([2H])N(CCOCC(=O)O)C([2H])([2H])C([2H])([2H])N(C(c2ccccc2)c2ccc(Cl)cc2)C1([2H])[2H]. The van der Waals surface area contributed by atoms with Crippen molar-refractivity contribution in [3.63, 3.8) is 0 Å². The van der Waals surface area contributed by atoms with Crippen LogP contribution in [0.2, 0.25) is 5.02 Å². The topological polar surface area (TPSA) is 53.0 Å². The van der Waals surface area contributed by atoms with Crippen molar-refractivity contribution >= 4 is 17.6 Å². The summed E-state index contributed by atoms with van der Waals surface area (Å²) in [4.78, 5) is 11.7. The lowest BCUT2D eigenvalue weighted by Crippen LogP contribution is -2.48. The quantitative estimate of drug-likeness (QED) is 0.668. The minimum absolute atomic E-state index is 0. The van der Waals surface area contributed by atoms with Crippen molar-refractivity contribution < 1.29 is 25.6 Å². The lowest BCUT2D eigenvalue weighted by atomic mass is 9.96. The number of hydrogen-bond acceptors (Lipinski definition) is 4. The molecule has 2 aromatic rings. The van der Waals surface area contributed by atoms with Crippen molar-refractivity contribution in [3.8, 4) is 0 Å². The van der Waals surface area contributed by atoms with E-state index in [2.05, 4.69) is 0 Å². The number of carboxylic acids is 1. The van der Waals surface area contributed by atoms with Crippen LogP contribution in [0.1, 0.15) is 35.6 Å². The van der Waals surface area contributed by atoms with Crippen LogP contribution >= 0.6 is 11.6 Å². The van der Waals surface area contributed by atoms with Crippen LogP contribution in [0, 0.1) is 0 Å². The Hall–Kier alpha value is -1.92. The molecule has 1 atom stereocenters. The summed E-state index contributed by atoms with van der Waals surface area (Å²) in [6.45, 7) is -14.0. The monoisotopic (exact) mass is 412 g/mol. The van der Waals surface area contributed by atoms with Crippen LogP contribution in [0.3, 0.4) is 0 Å². The van der Waals surface area contributed by atoms with Crippen LogP contribution < -0.4 is 0 Å². The standard InChI is InChI=1S/C21H25ClN2O3.CH4/c22-19-8-6-18(7-9-19)21(17-4-2-1-3-5-17)24-12-10-23(11-13-24)14-15-27-16-20(25)26;/h1-9,21H,10-16H2,(H,25,26);1H4/i10D2,11D2,12D2,13D2;. The van der Waals surface area contributed by atoms with Crippen molar-refractivity contribution in [1.82, 2.24) is 9.80 Å². The van der Waals surface area contributed by atoms with Crippen molar-refractivity contribution in [2.45, 2.75) is 13.5 Å². The summed E-state index contributed by atoms with van der Waals surface area (Å²) < 4.78 is 74.4. The Balaban J connectivity index is 0.00000456. The second-order valence-electron chi connectivity index (χ2n) is 5.78. The van der Waals surface area contributed by atoms with E-state index in [0.29, 0.717) is 25.9 Å². The van der Waals surface area contributed by atoms with Crippen LogP contribution in [0.15, 0.2) is 54.6 Å². The Morgan fingerprint density at radius 1 is 1.07 bits per heavy atom. The number of halogens is 1. The number of hydrogen-bond donors (Lipinski definition) is 1. The highest BCUT2D eigenvalue weighted by Crippen LogP contribution is 2.30. The second kappa shape index (κ2) is 11.2. The van der Waals surface area contributed by atoms with Gasteiger partial charge in [-0.1, -0.05) is 61.5 Å². The molecule has 1 heterocycles. The third-order valence-corrected chi connectivity index (χ3v) is 4.11. The van der Waals surface area contributed by atoms with E-state index in [1.807, 2.05) is 0 Å². The number of aliphatic carboxylic acids is 1. The van der Waals surface area contributed by atoms with Gasteiger partial charge in [0.1, 0.15) is 6.61 Å². The highest BCUT2D eigenvalue weighted by atomic mass is 35.5. The molecule has 1 aliphatic rings. The van der Waals surface area contributed by atoms with Crippen LogP contribution in [0.5, 0.6) is 0 Å². The van der Waals surface area contributed by atoms with E-state index in [4.69, 9.17) is 32.4 Å². The van der Waals surface area contributed by atoms with Crippen LogP contribution in [0.25, 0.3) is 0 Å². The fraction of sp³-hybridized carbons (Fsp3) is 0.409. The molecule has 1 aliphatic heterocycles. The van der Waals surface area contributed by atoms with Gasteiger partial charge in [-0.15, -0.1) is 0 Å². The molecule has 0 amide bonds. The summed E-state index contributed by atoms with van der Waals surface area (Å²) in [6, 6.07) is 13.3. The van der Waals surface area contributed by atoms with Crippen molar-refractivity contribution in [1.29, 1.82) is 0 Å². The Bertz CT molecular complexity index is 1010. The number of carboxylic acid groups (broad SMARTS) is 1. The summed E-state index contributed by atoms with van der Waals surface area (Å²) in [5.41, 5.74) is 0.811. The second-order valence-corrected chi connectivity index (χ2v) is 6.22. The van der Waals surface area contributed by atoms with Crippen LogP contribution in [-0.4, -0.2) is 66.6 Å². The molecule has 0 saturated carbocycles. The van der Waals surface area contributed by atoms with Gasteiger partial charge in [0.2, 0.25) is 0 Å². The number of nitrogens with zero attached hydrogens (tertiary/aromatic N) is 2.